The van der Waals surface area contributed by atoms with Crippen LogP contribution in [-0.2, 0) is 10.2 Å². The average molecular weight is 305 g/mol. The third-order valence-corrected chi connectivity index (χ3v) is 3.78. The Morgan fingerprint density at radius 1 is 1.38 bits per heavy atom. The van der Waals surface area contributed by atoms with Crippen LogP contribution < -0.4 is 5.32 Å². The summed E-state index contributed by atoms with van der Waals surface area (Å²) in [4.78, 5) is 16.3. The second-order valence-electron chi connectivity index (χ2n) is 6.11. The van der Waals surface area contributed by atoms with Crippen LogP contribution in [0.3, 0.4) is 0 Å². The minimum absolute atomic E-state index is 0.0935. The number of terminal acetylenes is 1. The molecule has 112 valence electrons. The molecule has 1 aliphatic heterocycles. The highest BCUT2D eigenvalue weighted by molar-refractivity contribution is 7.09. The number of nitrogens with zero attached hydrogens (tertiary/aromatic N) is 4. The van der Waals surface area contributed by atoms with Crippen LogP contribution in [-0.4, -0.2) is 20.9 Å². The lowest BCUT2D eigenvalue weighted by Crippen LogP contribution is -2.18. The van der Waals surface area contributed by atoms with Crippen LogP contribution in [0.15, 0.2) is 10.2 Å². The van der Waals surface area contributed by atoms with E-state index in [2.05, 4.69) is 30.8 Å². The molecule has 0 bridgehead atoms. The maximum Gasteiger partial charge on any atom is 0.226 e. The lowest BCUT2D eigenvalue weighted by Gasteiger charge is -2.12. The minimum Gasteiger partial charge on any atom is -0.301 e. The summed E-state index contributed by atoms with van der Waals surface area (Å²) in [5.74, 6) is 3.21. The van der Waals surface area contributed by atoms with E-state index in [9.17, 15) is 4.79 Å². The zero-order valence-corrected chi connectivity index (χ0v) is 13.3. The van der Waals surface area contributed by atoms with Gasteiger partial charge in [0, 0.05) is 42.6 Å². The molecular formula is C14H19N5OS. The van der Waals surface area contributed by atoms with Gasteiger partial charge in [-0.3, -0.25) is 4.79 Å². The molecule has 0 saturated carbocycles. The second kappa shape index (κ2) is 5.90. The number of nitrogens with one attached hydrogen (secondary N) is 1. The highest BCUT2D eigenvalue weighted by Gasteiger charge is 2.39. The van der Waals surface area contributed by atoms with E-state index < -0.39 is 5.66 Å². The zero-order chi connectivity index (χ0) is 15.5. The Balaban J connectivity index is 1.80. The van der Waals surface area contributed by atoms with Crippen molar-refractivity contribution in [2.45, 2.75) is 57.5 Å². The van der Waals surface area contributed by atoms with Crippen LogP contribution in [0, 0.1) is 12.3 Å². The Morgan fingerprint density at radius 3 is 2.62 bits per heavy atom. The van der Waals surface area contributed by atoms with Crippen molar-refractivity contribution in [2.24, 2.45) is 10.2 Å². The number of aromatic nitrogens is 2. The number of amides is 1. The molecule has 1 amide bonds. The molecular weight excluding hydrogens is 286 g/mol. The predicted molar refractivity (Wildman–Crippen MR) is 82.1 cm³/mol. The van der Waals surface area contributed by atoms with Crippen molar-refractivity contribution >= 4 is 22.6 Å². The van der Waals surface area contributed by atoms with Gasteiger partial charge in [0.25, 0.3) is 0 Å². The van der Waals surface area contributed by atoms with Gasteiger partial charge in [-0.05, 0) is 0 Å². The smallest absolute Gasteiger partial charge is 0.226 e. The Hall–Kier alpha value is -1.81. The quantitative estimate of drug-likeness (QED) is 0.820. The number of carbonyl (C=O) groups excluding carboxylic acids is 1. The fraction of sp³-hybridized carbons (Fsp3) is 0.643. The van der Waals surface area contributed by atoms with Crippen molar-refractivity contribution < 1.29 is 4.79 Å². The van der Waals surface area contributed by atoms with Gasteiger partial charge in [0.2, 0.25) is 11.0 Å². The van der Waals surface area contributed by atoms with Crippen molar-refractivity contribution in [3.8, 4) is 12.3 Å². The predicted octanol–water partition coefficient (Wildman–Crippen LogP) is 3.13. The lowest BCUT2D eigenvalue weighted by molar-refractivity contribution is -0.116. The highest BCUT2D eigenvalue weighted by atomic mass is 32.1. The zero-order valence-electron chi connectivity index (χ0n) is 12.5. The first-order valence-corrected chi connectivity index (χ1v) is 7.64. The van der Waals surface area contributed by atoms with E-state index in [0.717, 1.165) is 5.82 Å². The molecule has 0 aliphatic carbocycles. The van der Waals surface area contributed by atoms with Crippen LogP contribution >= 0.6 is 11.5 Å². The molecule has 1 aromatic heterocycles. The van der Waals surface area contributed by atoms with Crippen LogP contribution in [0.5, 0.6) is 0 Å². The number of carbonyl (C=O) groups is 1. The van der Waals surface area contributed by atoms with Gasteiger partial charge < -0.3 is 5.32 Å². The number of rotatable bonds is 6. The lowest BCUT2D eigenvalue weighted by atomic mass is 9.96. The third kappa shape index (κ3) is 4.33. The molecule has 1 N–H and O–H groups in total. The molecule has 0 unspecified atom stereocenters. The summed E-state index contributed by atoms with van der Waals surface area (Å²) in [5.41, 5.74) is -0.536. The molecule has 0 fully saturated rings. The van der Waals surface area contributed by atoms with Gasteiger partial charge in [0.05, 0.1) is 0 Å². The van der Waals surface area contributed by atoms with Crippen LogP contribution in [0.4, 0.5) is 5.13 Å². The van der Waals surface area contributed by atoms with Crippen molar-refractivity contribution in [1.29, 1.82) is 0 Å². The van der Waals surface area contributed by atoms with Gasteiger partial charge in [-0.25, -0.2) is 4.98 Å². The molecule has 7 heteroatoms. The Bertz CT molecular complexity index is 587. The molecule has 0 saturated heterocycles. The topological polar surface area (TPSA) is 79.6 Å². The summed E-state index contributed by atoms with van der Waals surface area (Å²) in [6, 6.07) is 0. The molecule has 1 aromatic rings. The first kappa shape index (κ1) is 15.6. The molecule has 21 heavy (non-hydrogen) atoms. The molecule has 0 aromatic carbocycles. The van der Waals surface area contributed by atoms with E-state index in [1.165, 1.54) is 11.5 Å². The van der Waals surface area contributed by atoms with E-state index in [1.54, 1.807) is 0 Å². The Kier molecular flexibility index (Phi) is 4.37. The van der Waals surface area contributed by atoms with Gasteiger partial charge in [0.15, 0.2) is 5.66 Å². The van der Waals surface area contributed by atoms with Crippen LogP contribution in [0.25, 0.3) is 0 Å². The van der Waals surface area contributed by atoms with E-state index in [1.807, 2.05) is 20.8 Å². The Morgan fingerprint density at radius 2 is 2.10 bits per heavy atom. The van der Waals surface area contributed by atoms with Crippen LogP contribution in [0.2, 0.25) is 0 Å². The maximum atomic E-state index is 11.9. The van der Waals surface area contributed by atoms with E-state index >= 15 is 0 Å². The summed E-state index contributed by atoms with van der Waals surface area (Å²) in [7, 11) is 0. The normalized spacial score (nSPS) is 15.5. The number of anilines is 1. The molecule has 1 aliphatic rings. The van der Waals surface area contributed by atoms with Gasteiger partial charge in [-0.15, -0.1) is 12.3 Å². The van der Waals surface area contributed by atoms with Gasteiger partial charge in [0.1, 0.15) is 5.82 Å². The van der Waals surface area contributed by atoms with Gasteiger partial charge >= 0.3 is 0 Å². The van der Waals surface area contributed by atoms with Crippen molar-refractivity contribution in [1.82, 2.24) is 9.36 Å². The molecule has 2 heterocycles. The fourth-order valence-electron chi connectivity index (χ4n) is 1.74. The van der Waals surface area contributed by atoms with E-state index in [0.29, 0.717) is 30.8 Å². The first-order valence-electron chi connectivity index (χ1n) is 6.86. The van der Waals surface area contributed by atoms with E-state index in [4.69, 9.17) is 6.42 Å². The molecule has 2 rings (SSSR count). The minimum atomic E-state index is -0.415. The number of hydrogen-bond acceptors (Lipinski definition) is 6. The fourth-order valence-corrected chi connectivity index (χ4v) is 2.52. The summed E-state index contributed by atoms with van der Waals surface area (Å²) in [6.07, 6.45) is 7.51. The van der Waals surface area contributed by atoms with Gasteiger partial charge in [-0.2, -0.15) is 14.6 Å². The molecule has 0 spiro atoms. The maximum absolute atomic E-state index is 11.9. The van der Waals surface area contributed by atoms with Crippen molar-refractivity contribution in [3.63, 3.8) is 0 Å². The molecule has 6 nitrogen and oxygen atoms in total. The monoisotopic (exact) mass is 305 g/mol. The van der Waals surface area contributed by atoms with Crippen LogP contribution in [0.1, 0.15) is 52.3 Å². The van der Waals surface area contributed by atoms with Crippen molar-refractivity contribution in [3.05, 3.63) is 5.82 Å². The third-order valence-electron chi connectivity index (χ3n) is 3.15. The average Bonchev–Trinajstić information content (AvgIpc) is 3.02. The van der Waals surface area contributed by atoms with E-state index in [-0.39, 0.29) is 11.3 Å². The van der Waals surface area contributed by atoms with Gasteiger partial charge in [-0.1, -0.05) is 20.8 Å². The largest absolute Gasteiger partial charge is 0.301 e. The highest BCUT2D eigenvalue weighted by Crippen LogP contribution is 2.37. The first-order chi connectivity index (χ1) is 9.85. The second-order valence-corrected chi connectivity index (χ2v) is 6.86. The summed E-state index contributed by atoms with van der Waals surface area (Å²) in [5, 5.41) is 11.3. The summed E-state index contributed by atoms with van der Waals surface area (Å²) in [6.45, 7) is 6.10. The Labute approximate surface area is 128 Å². The summed E-state index contributed by atoms with van der Waals surface area (Å²) >= 11 is 1.20. The standard InChI is InChI=1S/C14H19N5OS/c1-5-6-8-14(18-19-14)9-7-10(20)15-12-16-11(17-21-12)13(2,3)4/h1H,6-9H2,2-4H3,(H,15,16,17,20). The summed E-state index contributed by atoms with van der Waals surface area (Å²) < 4.78 is 4.26. The number of hydrogen-bond donors (Lipinski definition) is 1. The SMILES string of the molecule is C#CCCC1(CCC(=O)Nc2nc(C(C)(C)C)ns2)N=N1. The molecule has 0 atom stereocenters. The molecule has 0 radical (unpaired) electrons. The van der Waals surface area contributed by atoms with Crippen molar-refractivity contribution in [2.75, 3.05) is 5.32 Å².